The summed E-state index contributed by atoms with van der Waals surface area (Å²) in [5.41, 5.74) is 0.585. The van der Waals surface area contributed by atoms with Crippen LogP contribution in [0.15, 0.2) is 41.8 Å². The van der Waals surface area contributed by atoms with Crippen LogP contribution in [-0.2, 0) is 11.2 Å². The van der Waals surface area contributed by atoms with Crippen molar-refractivity contribution in [2.75, 3.05) is 19.6 Å². The van der Waals surface area contributed by atoms with Gasteiger partial charge < -0.3 is 10.2 Å². The highest BCUT2D eigenvalue weighted by Gasteiger charge is 2.11. The molecule has 1 heterocycles. The van der Waals surface area contributed by atoms with E-state index in [1.165, 1.54) is 24.3 Å². The number of hydrogen-bond donors (Lipinski definition) is 1. The van der Waals surface area contributed by atoms with Crippen LogP contribution in [0.1, 0.15) is 22.2 Å². The Morgan fingerprint density at radius 2 is 1.96 bits per heavy atom. The first-order chi connectivity index (χ1) is 11.1. The third kappa shape index (κ3) is 5.17. The second kappa shape index (κ2) is 8.43. The number of benzene rings is 1. The fourth-order valence-electron chi connectivity index (χ4n) is 2.18. The van der Waals surface area contributed by atoms with Crippen molar-refractivity contribution in [3.8, 4) is 0 Å². The van der Waals surface area contributed by atoms with E-state index < -0.39 is 0 Å². The van der Waals surface area contributed by atoms with E-state index in [9.17, 15) is 14.0 Å². The number of hydrogen-bond acceptors (Lipinski definition) is 3. The van der Waals surface area contributed by atoms with Crippen LogP contribution in [0.25, 0.3) is 0 Å². The molecule has 4 nitrogen and oxygen atoms in total. The van der Waals surface area contributed by atoms with E-state index in [2.05, 4.69) is 5.32 Å². The van der Waals surface area contributed by atoms with E-state index in [4.69, 9.17) is 0 Å². The molecule has 2 amide bonds. The summed E-state index contributed by atoms with van der Waals surface area (Å²) in [4.78, 5) is 25.8. The molecule has 1 aromatic carbocycles. The molecule has 0 aliphatic rings. The second-order valence-corrected chi connectivity index (χ2v) is 6.03. The van der Waals surface area contributed by atoms with Crippen molar-refractivity contribution in [1.29, 1.82) is 0 Å². The van der Waals surface area contributed by atoms with Gasteiger partial charge in [-0.15, -0.1) is 11.3 Å². The predicted octanol–water partition coefficient (Wildman–Crippen LogP) is 2.71. The Morgan fingerprint density at radius 3 is 2.61 bits per heavy atom. The number of amides is 2. The van der Waals surface area contributed by atoms with Gasteiger partial charge in [0.2, 0.25) is 5.91 Å². The minimum atomic E-state index is -0.262. The van der Waals surface area contributed by atoms with Crippen LogP contribution >= 0.6 is 11.3 Å². The maximum atomic E-state index is 13.6. The van der Waals surface area contributed by atoms with Crippen LogP contribution in [0.2, 0.25) is 0 Å². The van der Waals surface area contributed by atoms with Crippen molar-refractivity contribution in [3.63, 3.8) is 0 Å². The summed E-state index contributed by atoms with van der Waals surface area (Å²) in [6.07, 6.45) is 0.450. The highest BCUT2D eigenvalue weighted by molar-refractivity contribution is 7.12. The first-order valence-electron chi connectivity index (χ1n) is 7.38. The van der Waals surface area contributed by atoms with E-state index >= 15 is 0 Å². The highest BCUT2D eigenvalue weighted by Crippen LogP contribution is 2.09. The minimum absolute atomic E-state index is 0.0910. The Hall–Kier alpha value is -2.21. The monoisotopic (exact) mass is 334 g/mol. The van der Waals surface area contributed by atoms with Gasteiger partial charge in [0.15, 0.2) is 0 Å². The lowest BCUT2D eigenvalue weighted by atomic mass is 10.1. The molecule has 0 spiro atoms. The highest BCUT2D eigenvalue weighted by atomic mass is 32.1. The first kappa shape index (κ1) is 17.1. The number of rotatable bonds is 7. The molecule has 0 radical (unpaired) electrons. The predicted molar refractivity (Wildman–Crippen MR) is 89.0 cm³/mol. The van der Waals surface area contributed by atoms with Crippen LogP contribution < -0.4 is 5.32 Å². The zero-order valence-corrected chi connectivity index (χ0v) is 13.7. The molecule has 0 unspecified atom stereocenters. The van der Waals surface area contributed by atoms with Gasteiger partial charge in [0.1, 0.15) is 5.82 Å². The van der Waals surface area contributed by atoms with Gasteiger partial charge in [-0.25, -0.2) is 4.39 Å². The number of carbonyl (C=O) groups excluding carboxylic acids is 2. The smallest absolute Gasteiger partial charge is 0.261 e. The molecule has 23 heavy (non-hydrogen) atoms. The molecule has 2 aromatic rings. The van der Waals surface area contributed by atoms with Gasteiger partial charge in [-0.2, -0.15) is 0 Å². The van der Waals surface area contributed by atoms with Crippen LogP contribution in [0.4, 0.5) is 4.39 Å². The summed E-state index contributed by atoms with van der Waals surface area (Å²) in [6, 6.07) is 10.1. The second-order valence-electron chi connectivity index (χ2n) is 5.08. The number of halogens is 1. The van der Waals surface area contributed by atoms with Gasteiger partial charge in [0.05, 0.1) is 4.88 Å². The van der Waals surface area contributed by atoms with Gasteiger partial charge in [-0.1, -0.05) is 24.3 Å². The average Bonchev–Trinajstić information content (AvgIpc) is 3.06. The van der Waals surface area contributed by atoms with Gasteiger partial charge in [0, 0.05) is 26.6 Å². The van der Waals surface area contributed by atoms with Gasteiger partial charge in [0.25, 0.3) is 5.91 Å². The van der Waals surface area contributed by atoms with E-state index in [0.29, 0.717) is 36.5 Å². The van der Waals surface area contributed by atoms with Gasteiger partial charge >= 0.3 is 0 Å². The van der Waals surface area contributed by atoms with E-state index in [1.54, 1.807) is 29.2 Å². The van der Waals surface area contributed by atoms with Crippen molar-refractivity contribution in [2.45, 2.75) is 13.3 Å². The maximum absolute atomic E-state index is 13.6. The van der Waals surface area contributed by atoms with Crippen molar-refractivity contribution in [3.05, 3.63) is 58.0 Å². The first-order valence-corrected chi connectivity index (χ1v) is 8.26. The zero-order valence-electron chi connectivity index (χ0n) is 12.9. The molecule has 2 rings (SSSR count). The molecule has 0 atom stereocenters. The molecule has 6 heteroatoms. The lowest BCUT2D eigenvalue weighted by Gasteiger charge is -2.21. The molecule has 0 aliphatic heterocycles. The summed E-state index contributed by atoms with van der Waals surface area (Å²) in [6.45, 7) is 2.67. The standard InChI is InChI=1S/C17H19FN2O2S/c1-13(21)20(10-8-14-5-2-3-6-15(14)18)11-9-19-17(22)16-7-4-12-23-16/h2-7,12H,8-11H2,1H3,(H,19,22). The molecule has 0 saturated heterocycles. The number of nitrogens with one attached hydrogen (secondary N) is 1. The van der Waals surface area contributed by atoms with Crippen LogP contribution in [0.3, 0.4) is 0 Å². The van der Waals surface area contributed by atoms with Crippen LogP contribution in [-0.4, -0.2) is 36.3 Å². The number of carbonyl (C=O) groups is 2. The normalized spacial score (nSPS) is 10.3. The molecule has 0 saturated carbocycles. The molecular weight excluding hydrogens is 315 g/mol. The summed E-state index contributed by atoms with van der Waals surface area (Å²) in [5, 5.41) is 4.62. The molecular formula is C17H19FN2O2S. The lowest BCUT2D eigenvalue weighted by Crippen LogP contribution is -2.38. The Bertz CT molecular complexity index is 658. The molecule has 0 fully saturated rings. The fraction of sp³-hybridized carbons (Fsp3) is 0.294. The summed E-state index contributed by atoms with van der Waals surface area (Å²) in [7, 11) is 0. The van der Waals surface area contributed by atoms with Crippen LogP contribution in [0.5, 0.6) is 0 Å². The SMILES string of the molecule is CC(=O)N(CCNC(=O)c1cccs1)CCc1ccccc1F. The van der Waals surface area contributed by atoms with Gasteiger partial charge in [-0.05, 0) is 29.5 Å². The van der Waals surface area contributed by atoms with Crippen LogP contribution in [0, 0.1) is 5.82 Å². The summed E-state index contributed by atoms with van der Waals surface area (Å²) >= 11 is 1.37. The zero-order chi connectivity index (χ0) is 16.7. The average molecular weight is 334 g/mol. The van der Waals surface area contributed by atoms with E-state index in [-0.39, 0.29) is 17.6 Å². The molecule has 0 aliphatic carbocycles. The molecule has 122 valence electrons. The van der Waals surface area contributed by atoms with E-state index in [0.717, 1.165) is 0 Å². The molecule has 0 bridgehead atoms. The Morgan fingerprint density at radius 1 is 1.17 bits per heavy atom. The lowest BCUT2D eigenvalue weighted by molar-refractivity contribution is -0.128. The van der Waals surface area contributed by atoms with E-state index in [1.807, 2.05) is 11.4 Å². The van der Waals surface area contributed by atoms with Crippen molar-refractivity contribution >= 4 is 23.2 Å². The third-order valence-electron chi connectivity index (χ3n) is 3.47. The Balaban J connectivity index is 1.81. The van der Waals surface area contributed by atoms with Crippen molar-refractivity contribution in [2.24, 2.45) is 0 Å². The minimum Gasteiger partial charge on any atom is -0.350 e. The maximum Gasteiger partial charge on any atom is 0.261 e. The fourth-order valence-corrected chi connectivity index (χ4v) is 2.82. The van der Waals surface area contributed by atoms with Gasteiger partial charge in [-0.3, -0.25) is 9.59 Å². The third-order valence-corrected chi connectivity index (χ3v) is 4.34. The topological polar surface area (TPSA) is 49.4 Å². The molecule has 1 N–H and O–H groups in total. The largest absolute Gasteiger partial charge is 0.350 e. The van der Waals surface area contributed by atoms with Crippen molar-refractivity contribution in [1.82, 2.24) is 10.2 Å². The Kier molecular flexibility index (Phi) is 6.29. The Labute approximate surface area is 138 Å². The quantitative estimate of drug-likeness (QED) is 0.846. The number of nitrogens with zero attached hydrogens (tertiary/aromatic N) is 1. The summed E-state index contributed by atoms with van der Waals surface area (Å²) in [5.74, 6) is -0.494. The number of thiophene rings is 1. The molecule has 1 aromatic heterocycles. The van der Waals surface area contributed by atoms with Crippen molar-refractivity contribution < 1.29 is 14.0 Å². The summed E-state index contributed by atoms with van der Waals surface area (Å²) < 4.78 is 13.6.